The van der Waals surface area contributed by atoms with E-state index in [4.69, 9.17) is 10.2 Å². The summed E-state index contributed by atoms with van der Waals surface area (Å²) in [5, 5.41) is 23.6. The van der Waals surface area contributed by atoms with Gasteiger partial charge in [0.2, 0.25) is 0 Å². The zero-order chi connectivity index (χ0) is 22.9. The molecule has 6 nitrogen and oxygen atoms in total. The number of furan rings is 1. The number of nitrogens with one attached hydrogen (secondary N) is 1. The number of aliphatic hydroxyl groups excluding tert-OH is 1. The van der Waals surface area contributed by atoms with E-state index in [-0.39, 0.29) is 11.3 Å². The Morgan fingerprint density at radius 3 is 2.61 bits per heavy atom. The van der Waals surface area contributed by atoms with Gasteiger partial charge in [0.1, 0.15) is 23.4 Å². The molecule has 5 rings (SSSR count). The second-order valence-electron chi connectivity index (χ2n) is 7.60. The van der Waals surface area contributed by atoms with Gasteiger partial charge in [-0.3, -0.25) is 4.79 Å². The average molecular weight is 457 g/mol. The number of rotatable bonds is 4. The minimum absolute atomic E-state index is 0.123. The normalized spacial score (nSPS) is 16.0. The summed E-state index contributed by atoms with van der Waals surface area (Å²) >= 11 is 1.51. The van der Waals surface area contributed by atoms with Crippen LogP contribution in [0.5, 0.6) is 5.75 Å². The molecule has 164 valence electrons. The summed E-state index contributed by atoms with van der Waals surface area (Å²) in [4.78, 5) is 14.5. The van der Waals surface area contributed by atoms with Gasteiger partial charge in [-0.25, -0.2) is 0 Å². The van der Waals surface area contributed by atoms with Crippen molar-refractivity contribution in [2.45, 2.75) is 11.0 Å². The highest BCUT2D eigenvalue weighted by Crippen LogP contribution is 2.47. The number of anilines is 2. The molecule has 0 spiro atoms. The van der Waals surface area contributed by atoms with Crippen molar-refractivity contribution in [1.29, 1.82) is 0 Å². The van der Waals surface area contributed by atoms with Crippen molar-refractivity contribution in [3.63, 3.8) is 0 Å². The molecule has 0 saturated carbocycles. The minimum atomic E-state index is -0.683. The van der Waals surface area contributed by atoms with Gasteiger partial charge in [0.05, 0.1) is 5.56 Å². The van der Waals surface area contributed by atoms with E-state index in [1.165, 1.54) is 17.8 Å². The van der Waals surface area contributed by atoms with Gasteiger partial charge in [0, 0.05) is 26.7 Å². The monoisotopic (exact) mass is 456 g/mol. The summed E-state index contributed by atoms with van der Waals surface area (Å²) in [7, 11) is 0. The lowest BCUT2D eigenvalue weighted by Gasteiger charge is -2.08. The molecular weight excluding hydrogens is 436 g/mol. The predicted molar refractivity (Wildman–Crippen MR) is 130 cm³/mol. The van der Waals surface area contributed by atoms with Gasteiger partial charge in [0.15, 0.2) is 0 Å². The molecule has 1 aromatic heterocycles. The summed E-state index contributed by atoms with van der Waals surface area (Å²) < 4.78 is 5.96. The van der Waals surface area contributed by atoms with Crippen LogP contribution >= 0.6 is 11.8 Å². The highest BCUT2D eigenvalue weighted by Gasteiger charge is 2.26. The second-order valence-corrected chi connectivity index (χ2v) is 8.71. The molecular formula is C26H20N2O4S. The van der Waals surface area contributed by atoms with Gasteiger partial charge in [-0.2, -0.15) is 0 Å². The Morgan fingerprint density at radius 2 is 1.82 bits per heavy atom. The zero-order valence-electron chi connectivity index (χ0n) is 17.4. The van der Waals surface area contributed by atoms with Crippen molar-refractivity contribution in [2.24, 2.45) is 0 Å². The van der Waals surface area contributed by atoms with Crippen LogP contribution in [0.3, 0.4) is 0 Å². The third kappa shape index (κ3) is 4.24. The number of carbonyl (C=O) groups is 1. The molecule has 1 amide bonds. The Morgan fingerprint density at radius 1 is 1.03 bits per heavy atom. The van der Waals surface area contributed by atoms with Crippen LogP contribution in [0.2, 0.25) is 0 Å². The number of thioether (sulfide) groups is 1. The smallest absolute Gasteiger partial charge is 0.259 e. The Kier molecular flexibility index (Phi) is 5.42. The first-order chi connectivity index (χ1) is 16.0. The molecule has 5 N–H and O–H groups in total. The number of amides is 1. The number of aliphatic hydroxyl groups is 1. The molecule has 4 aromatic rings. The number of phenols is 1. The highest BCUT2D eigenvalue weighted by atomic mass is 32.2. The fourth-order valence-electron chi connectivity index (χ4n) is 3.61. The molecule has 0 saturated heterocycles. The van der Waals surface area contributed by atoms with Crippen molar-refractivity contribution in [1.82, 2.24) is 0 Å². The van der Waals surface area contributed by atoms with E-state index in [0.717, 1.165) is 15.4 Å². The number of carbonyl (C=O) groups excluding carboxylic acids is 1. The number of benzene rings is 3. The summed E-state index contributed by atoms with van der Waals surface area (Å²) in [6.45, 7) is 0. The largest absolute Gasteiger partial charge is 0.507 e. The standard InChI is InChI=1S/C26H20N2O4S/c27-16-6-8-17(9-7-16)28-26(31)20-13-15(5-11-21(20)29)22-12-10-18(32-22)14-24-25(30)19-3-1-2-4-23(19)33-24/h1-14,25,29-30H,27H2,(H,28,31)/b24-14-. The molecule has 7 heteroatoms. The Balaban J connectivity index is 1.38. The van der Waals surface area contributed by atoms with E-state index < -0.39 is 12.0 Å². The average Bonchev–Trinajstić information content (AvgIpc) is 3.41. The first kappa shape index (κ1) is 20.9. The van der Waals surface area contributed by atoms with Crippen LogP contribution in [0, 0.1) is 0 Å². The molecule has 0 bridgehead atoms. The van der Waals surface area contributed by atoms with Crippen LogP contribution in [-0.4, -0.2) is 16.1 Å². The zero-order valence-corrected chi connectivity index (χ0v) is 18.2. The first-order valence-corrected chi connectivity index (χ1v) is 11.1. The summed E-state index contributed by atoms with van der Waals surface area (Å²) in [5.74, 6) is 0.541. The van der Waals surface area contributed by atoms with Crippen LogP contribution in [0.25, 0.3) is 17.4 Å². The van der Waals surface area contributed by atoms with Crippen LogP contribution in [0.1, 0.15) is 27.8 Å². The van der Waals surface area contributed by atoms with Crippen LogP contribution < -0.4 is 11.1 Å². The van der Waals surface area contributed by atoms with Gasteiger partial charge in [-0.1, -0.05) is 30.0 Å². The lowest BCUT2D eigenvalue weighted by Crippen LogP contribution is -2.12. The van der Waals surface area contributed by atoms with Crippen molar-refractivity contribution < 1.29 is 19.4 Å². The molecule has 2 heterocycles. The van der Waals surface area contributed by atoms with Crippen molar-refractivity contribution in [3.05, 3.63) is 101 Å². The second kappa shape index (κ2) is 8.54. The van der Waals surface area contributed by atoms with Crippen LogP contribution in [0.15, 0.2) is 93.1 Å². The Labute approximate surface area is 194 Å². The number of phenolic OH excluding ortho intramolecular Hbond substituents is 1. The van der Waals surface area contributed by atoms with E-state index in [0.29, 0.717) is 28.5 Å². The molecule has 1 atom stereocenters. The van der Waals surface area contributed by atoms with Gasteiger partial charge < -0.3 is 25.7 Å². The van der Waals surface area contributed by atoms with Gasteiger partial charge in [-0.15, -0.1) is 0 Å². The van der Waals surface area contributed by atoms with E-state index in [1.54, 1.807) is 48.5 Å². The summed E-state index contributed by atoms with van der Waals surface area (Å²) in [6.07, 6.45) is 1.13. The summed E-state index contributed by atoms with van der Waals surface area (Å²) in [5.41, 5.74) is 8.49. The molecule has 33 heavy (non-hydrogen) atoms. The van der Waals surface area contributed by atoms with Crippen molar-refractivity contribution >= 4 is 35.1 Å². The molecule has 3 aromatic carbocycles. The van der Waals surface area contributed by atoms with Crippen molar-refractivity contribution in [2.75, 3.05) is 11.1 Å². The Bertz CT molecular complexity index is 1380. The highest BCUT2D eigenvalue weighted by molar-refractivity contribution is 8.03. The predicted octanol–water partition coefficient (Wildman–Crippen LogP) is 5.67. The number of nitrogens with two attached hydrogens (primary N) is 1. The van der Waals surface area contributed by atoms with Crippen molar-refractivity contribution in [3.8, 4) is 17.1 Å². The molecule has 1 aliphatic heterocycles. The third-order valence-electron chi connectivity index (χ3n) is 5.32. The topological polar surface area (TPSA) is 109 Å². The van der Waals surface area contributed by atoms with E-state index in [9.17, 15) is 15.0 Å². The third-order valence-corrected chi connectivity index (χ3v) is 6.48. The fourth-order valence-corrected chi connectivity index (χ4v) is 4.72. The van der Waals surface area contributed by atoms with Gasteiger partial charge in [-0.05, 0) is 72.3 Å². The Hall–Kier alpha value is -3.94. The van der Waals surface area contributed by atoms with Crippen LogP contribution in [-0.2, 0) is 0 Å². The maximum atomic E-state index is 12.7. The van der Waals surface area contributed by atoms with E-state index >= 15 is 0 Å². The minimum Gasteiger partial charge on any atom is -0.507 e. The molecule has 0 fully saturated rings. The number of aromatic hydroxyl groups is 1. The SMILES string of the molecule is Nc1ccc(NC(=O)c2cc(-c3ccc(/C=C4\Sc5ccccc5C4O)o3)ccc2O)cc1. The van der Waals surface area contributed by atoms with Gasteiger partial charge >= 0.3 is 0 Å². The van der Waals surface area contributed by atoms with E-state index in [1.807, 2.05) is 30.3 Å². The number of hydrogen-bond donors (Lipinski definition) is 4. The molecule has 0 aliphatic carbocycles. The maximum Gasteiger partial charge on any atom is 0.259 e. The molecule has 1 aliphatic rings. The lowest BCUT2D eigenvalue weighted by atomic mass is 10.1. The molecule has 1 unspecified atom stereocenters. The lowest BCUT2D eigenvalue weighted by molar-refractivity contribution is 0.102. The van der Waals surface area contributed by atoms with E-state index in [2.05, 4.69) is 5.32 Å². The number of nitrogen functional groups attached to an aromatic ring is 1. The van der Waals surface area contributed by atoms with Gasteiger partial charge in [0.25, 0.3) is 5.91 Å². The number of hydrogen-bond acceptors (Lipinski definition) is 6. The summed E-state index contributed by atoms with van der Waals surface area (Å²) in [6, 6.07) is 22.8. The molecule has 0 radical (unpaired) electrons. The van der Waals surface area contributed by atoms with Crippen LogP contribution in [0.4, 0.5) is 11.4 Å². The first-order valence-electron chi connectivity index (χ1n) is 10.2. The number of fused-ring (bicyclic) bond motifs is 1. The quantitative estimate of drug-likeness (QED) is 0.295. The maximum absolute atomic E-state index is 12.7. The fraction of sp³-hybridized carbons (Fsp3) is 0.0385.